The quantitative estimate of drug-likeness (QED) is 0.0908. The number of nitrogens with zero attached hydrogens (tertiary/aromatic N) is 1. The van der Waals surface area contributed by atoms with Gasteiger partial charge in [0.2, 0.25) is 11.8 Å². The summed E-state index contributed by atoms with van der Waals surface area (Å²) in [6.07, 6.45) is 11.6. The van der Waals surface area contributed by atoms with E-state index in [1.807, 2.05) is 26.0 Å². The molecule has 0 aromatic carbocycles. The standard InChI is InChI=1S/C36H49N3O10/c1-20(6-9-29-21(2)14-28(23(4)48-29)38-31(41)11-8-22(3)47-24(5)40)7-10-30-35(45)36(19-46-36)18-27(49-30)17-32(42)37-25-15-26(16-25)39-33(43)12-13-34(39)44/h6-8,10-13,21-23,25-30,35,45H,9,14-19H2,1-5H3,(H,37,42)(H,38,41)/t21-,22-,23+,25?,26?,27+,28+,29-,30+,35+,36+/m0/s1. The molecule has 268 valence electrons. The van der Waals surface area contributed by atoms with Crippen LogP contribution in [0.15, 0.2) is 48.1 Å². The number of nitrogens with one attached hydrogen (secondary N) is 2. The minimum atomic E-state index is -0.859. The van der Waals surface area contributed by atoms with E-state index in [2.05, 4.69) is 23.6 Å². The van der Waals surface area contributed by atoms with Crippen molar-refractivity contribution in [2.75, 3.05) is 6.61 Å². The summed E-state index contributed by atoms with van der Waals surface area (Å²) in [7, 11) is 0. The van der Waals surface area contributed by atoms with Gasteiger partial charge in [-0.3, -0.25) is 28.9 Å². The van der Waals surface area contributed by atoms with Gasteiger partial charge in [-0.05, 0) is 58.4 Å². The molecule has 4 amide bonds. The molecule has 0 unspecified atom stereocenters. The van der Waals surface area contributed by atoms with Crippen LogP contribution in [0.1, 0.15) is 73.1 Å². The van der Waals surface area contributed by atoms with Crippen LogP contribution in [0.5, 0.6) is 0 Å². The fourth-order valence-corrected chi connectivity index (χ4v) is 7.07. The average molecular weight is 684 g/mol. The monoisotopic (exact) mass is 683 g/mol. The van der Waals surface area contributed by atoms with Crippen LogP contribution in [-0.4, -0.2) is 107 Å². The highest BCUT2D eigenvalue weighted by Gasteiger charge is 2.58. The molecule has 13 heteroatoms. The number of aliphatic hydroxyl groups is 1. The first-order chi connectivity index (χ1) is 23.2. The number of imide groups is 1. The zero-order valence-electron chi connectivity index (χ0n) is 28.8. The number of hydrogen-bond acceptors (Lipinski definition) is 10. The van der Waals surface area contributed by atoms with E-state index < -0.39 is 36.0 Å². The molecule has 3 N–H and O–H groups in total. The SMILES string of the molecule is CC(=O)O[C@@H](C)C=CC(=O)N[C@@H]1C[C@H](C)[C@H](CC=C(C)C=C[C@H]2O[C@H](CC(=O)NC3CC(N4C(=O)C=CC4=O)C3)C[C@@]3(CO3)[C@@H]2O)O[C@@H]1C. The Morgan fingerprint density at radius 3 is 2.43 bits per heavy atom. The van der Waals surface area contributed by atoms with Crippen molar-refractivity contribution in [1.82, 2.24) is 15.5 Å². The van der Waals surface area contributed by atoms with Gasteiger partial charge in [0.05, 0.1) is 37.4 Å². The van der Waals surface area contributed by atoms with Crippen molar-refractivity contribution < 1.29 is 48.0 Å². The van der Waals surface area contributed by atoms with E-state index in [9.17, 15) is 29.1 Å². The minimum absolute atomic E-state index is 0.0347. The number of rotatable bonds is 12. The van der Waals surface area contributed by atoms with E-state index in [-0.39, 0.29) is 66.3 Å². The summed E-state index contributed by atoms with van der Waals surface area (Å²) in [6, 6.07) is -0.462. The Morgan fingerprint density at radius 1 is 1.08 bits per heavy atom. The molecule has 4 fully saturated rings. The molecular formula is C36H49N3O10. The number of carbonyl (C=O) groups excluding carboxylic acids is 5. The van der Waals surface area contributed by atoms with Gasteiger partial charge in [0, 0.05) is 43.7 Å². The number of epoxide rings is 1. The lowest BCUT2D eigenvalue weighted by Gasteiger charge is -2.41. The molecule has 49 heavy (non-hydrogen) atoms. The molecule has 5 rings (SSSR count). The van der Waals surface area contributed by atoms with Crippen LogP contribution in [0, 0.1) is 5.92 Å². The lowest BCUT2D eigenvalue weighted by atomic mass is 9.84. The first kappa shape index (κ1) is 36.6. The molecule has 0 bridgehead atoms. The molecule has 4 aliphatic heterocycles. The summed E-state index contributed by atoms with van der Waals surface area (Å²) in [5.74, 6) is -1.28. The zero-order chi connectivity index (χ0) is 35.5. The van der Waals surface area contributed by atoms with E-state index in [1.54, 1.807) is 13.0 Å². The third kappa shape index (κ3) is 9.33. The molecule has 4 heterocycles. The van der Waals surface area contributed by atoms with Crippen LogP contribution in [0.3, 0.4) is 0 Å². The number of carbonyl (C=O) groups is 5. The number of ether oxygens (including phenoxy) is 4. The molecule has 0 aromatic rings. The Hall–Kier alpha value is -3.65. The van der Waals surface area contributed by atoms with Gasteiger partial charge in [-0.15, -0.1) is 0 Å². The molecule has 9 atom stereocenters. The molecule has 0 radical (unpaired) electrons. The predicted molar refractivity (Wildman–Crippen MR) is 176 cm³/mol. The lowest BCUT2D eigenvalue weighted by Crippen LogP contribution is -2.56. The number of amides is 4. The van der Waals surface area contributed by atoms with Gasteiger partial charge in [0.25, 0.3) is 11.8 Å². The van der Waals surface area contributed by atoms with Gasteiger partial charge in [-0.2, -0.15) is 0 Å². The third-order valence-corrected chi connectivity index (χ3v) is 10.0. The van der Waals surface area contributed by atoms with E-state index >= 15 is 0 Å². The van der Waals surface area contributed by atoms with Crippen LogP contribution in [0.25, 0.3) is 0 Å². The first-order valence-electron chi connectivity index (χ1n) is 17.2. The van der Waals surface area contributed by atoms with Crippen LogP contribution in [0.2, 0.25) is 0 Å². The number of hydrogen-bond donors (Lipinski definition) is 3. The maximum atomic E-state index is 12.9. The van der Waals surface area contributed by atoms with Crippen LogP contribution in [0.4, 0.5) is 0 Å². The van der Waals surface area contributed by atoms with Gasteiger partial charge in [-0.1, -0.05) is 30.7 Å². The minimum Gasteiger partial charge on any atom is -0.459 e. The van der Waals surface area contributed by atoms with Gasteiger partial charge < -0.3 is 34.7 Å². The highest BCUT2D eigenvalue weighted by molar-refractivity contribution is 6.13. The van der Waals surface area contributed by atoms with E-state index in [0.717, 1.165) is 12.0 Å². The lowest BCUT2D eigenvalue weighted by molar-refractivity contribution is -0.146. The largest absolute Gasteiger partial charge is 0.459 e. The predicted octanol–water partition coefficient (Wildman–Crippen LogP) is 1.93. The Balaban J connectivity index is 1.07. The molecule has 3 saturated heterocycles. The van der Waals surface area contributed by atoms with Crippen molar-refractivity contribution in [2.45, 2.75) is 133 Å². The number of aliphatic hydroxyl groups excluding tert-OH is 1. The Morgan fingerprint density at radius 2 is 1.78 bits per heavy atom. The van der Waals surface area contributed by atoms with Gasteiger partial charge in [0.1, 0.15) is 23.9 Å². The second-order valence-corrected chi connectivity index (χ2v) is 14.1. The molecule has 5 aliphatic rings. The maximum Gasteiger partial charge on any atom is 0.303 e. The Kier molecular flexibility index (Phi) is 11.6. The first-order valence-corrected chi connectivity index (χ1v) is 17.2. The summed E-state index contributed by atoms with van der Waals surface area (Å²) in [5.41, 5.74) is 0.252. The molecule has 0 aromatic heterocycles. The van der Waals surface area contributed by atoms with E-state index in [0.29, 0.717) is 32.3 Å². The van der Waals surface area contributed by atoms with Gasteiger partial charge in [0.15, 0.2) is 0 Å². The summed E-state index contributed by atoms with van der Waals surface area (Å²) < 4.78 is 23.2. The van der Waals surface area contributed by atoms with Crippen LogP contribution < -0.4 is 10.6 Å². The highest BCUT2D eigenvalue weighted by atomic mass is 16.6. The normalized spacial score (nSPS) is 36.7. The van der Waals surface area contributed by atoms with Crippen molar-refractivity contribution >= 4 is 29.6 Å². The summed E-state index contributed by atoms with van der Waals surface area (Å²) in [5, 5.41) is 17.0. The number of allylic oxidation sites excluding steroid dienone is 2. The molecule has 1 spiro atoms. The molecule has 1 aliphatic carbocycles. The summed E-state index contributed by atoms with van der Waals surface area (Å²) in [4.78, 5) is 61.4. The smallest absolute Gasteiger partial charge is 0.303 e. The molecule has 13 nitrogen and oxygen atoms in total. The second kappa shape index (κ2) is 15.5. The Bertz CT molecular complexity index is 1390. The summed E-state index contributed by atoms with van der Waals surface area (Å²) in [6.45, 7) is 9.43. The fraction of sp³-hybridized carbons (Fsp3) is 0.639. The van der Waals surface area contributed by atoms with Crippen molar-refractivity contribution in [1.29, 1.82) is 0 Å². The van der Waals surface area contributed by atoms with Crippen molar-refractivity contribution in [3.05, 3.63) is 48.1 Å². The maximum absolute atomic E-state index is 12.9. The van der Waals surface area contributed by atoms with E-state index in [4.69, 9.17) is 18.9 Å². The van der Waals surface area contributed by atoms with E-state index in [1.165, 1.54) is 30.1 Å². The number of esters is 1. The van der Waals surface area contributed by atoms with Crippen LogP contribution in [-0.2, 0) is 42.9 Å². The zero-order valence-corrected chi connectivity index (χ0v) is 28.8. The second-order valence-electron chi connectivity index (χ2n) is 14.1. The topological polar surface area (TPSA) is 173 Å². The summed E-state index contributed by atoms with van der Waals surface area (Å²) >= 11 is 0. The highest BCUT2D eigenvalue weighted by Crippen LogP contribution is 2.43. The Labute approximate surface area is 287 Å². The van der Waals surface area contributed by atoms with Crippen LogP contribution >= 0.6 is 0 Å². The molecular weight excluding hydrogens is 634 g/mol. The fourth-order valence-electron chi connectivity index (χ4n) is 7.07. The van der Waals surface area contributed by atoms with Gasteiger partial charge in [-0.25, -0.2) is 0 Å². The van der Waals surface area contributed by atoms with Crippen molar-refractivity contribution in [3.63, 3.8) is 0 Å². The molecule has 1 saturated carbocycles. The third-order valence-electron chi connectivity index (χ3n) is 10.0. The van der Waals surface area contributed by atoms with Crippen molar-refractivity contribution in [2.24, 2.45) is 5.92 Å². The average Bonchev–Trinajstić information content (AvgIpc) is 3.71. The van der Waals surface area contributed by atoms with Gasteiger partial charge >= 0.3 is 5.97 Å². The van der Waals surface area contributed by atoms with Crippen molar-refractivity contribution in [3.8, 4) is 0 Å².